The Labute approximate surface area is 203 Å². The molecule has 0 aliphatic carbocycles. The molecule has 2 aromatic carbocycles. The average Bonchev–Trinajstić information content (AvgIpc) is 3.27. The van der Waals surface area contributed by atoms with Crippen LogP contribution >= 0.6 is 11.8 Å². The third kappa shape index (κ3) is 6.13. The van der Waals surface area contributed by atoms with Gasteiger partial charge in [-0.1, -0.05) is 17.8 Å². The largest absolute Gasteiger partial charge is 0.497 e. The van der Waals surface area contributed by atoms with Crippen LogP contribution in [0.15, 0.2) is 47.6 Å². The van der Waals surface area contributed by atoms with Crippen molar-refractivity contribution in [3.8, 4) is 23.0 Å². The lowest BCUT2D eigenvalue weighted by atomic mass is 10.2. The van der Waals surface area contributed by atoms with Crippen LogP contribution < -0.4 is 24.3 Å². The highest BCUT2D eigenvalue weighted by Gasteiger charge is 2.22. The quantitative estimate of drug-likeness (QED) is 0.388. The maximum atomic E-state index is 12.6. The number of rotatable bonds is 11. The first-order valence-electron chi connectivity index (χ1n) is 10.8. The van der Waals surface area contributed by atoms with Crippen LogP contribution in [0.25, 0.3) is 0 Å². The number of hydrogen-bond donors (Lipinski definition) is 1. The number of nitrogens with zero attached hydrogens (tertiary/aromatic N) is 3. The fourth-order valence-electron chi connectivity index (χ4n) is 3.30. The van der Waals surface area contributed by atoms with Crippen molar-refractivity contribution in [2.24, 2.45) is 0 Å². The van der Waals surface area contributed by atoms with E-state index >= 15 is 0 Å². The van der Waals surface area contributed by atoms with Crippen molar-refractivity contribution in [1.29, 1.82) is 0 Å². The Morgan fingerprint density at radius 1 is 0.971 bits per heavy atom. The molecule has 1 heterocycles. The molecule has 3 aromatic rings. The minimum absolute atomic E-state index is 0.0774. The monoisotopic (exact) mass is 486 g/mol. The van der Waals surface area contributed by atoms with Crippen LogP contribution in [0.1, 0.15) is 38.7 Å². The molecule has 1 unspecified atom stereocenters. The van der Waals surface area contributed by atoms with E-state index in [-0.39, 0.29) is 23.8 Å². The third-order valence-electron chi connectivity index (χ3n) is 4.94. The Kier molecular flexibility index (Phi) is 8.64. The smallest absolute Gasteiger partial charge is 0.234 e. The average molecular weight is 487 g/mol. The first kappa shape index (κ1) is 25.2. The van der Waals surface area contributed by atoms with Gasteiger partial charge in [0, 0.05) is 18.2 Å². The van der Waals surface area contributed by atoms with Gasteiger partial charge < -0.3 is 28.8 Å². The van der Waals surface area contributed by atoms with Crippen LogP contribution in [0.2, 0.25) is 0 Å². The van der Waals surface area contributed by atoms with E-state index in [4.69, 9.17) is 18.9 Å². The summed E-state index contributed by atoms with van der Waals surface area (Å²) in [6, 6.07) is 12.7. The van der Waals surface area contributed by atoms with E-state index in [1.54, 1.807) is 39.5 Å². The van der Waals surface area contributed by atoms with Crippen LogP contribution in [0.5, 0.6) is 23.0 Å². The van der Waals surface area contributed by atoms with E-state index in [2.05, 4.69) is 15.5 Å². The molecule has 0 spiro atoms. The second-order valence-electron chi connectivity index (χ2n) is 7.65. The Bertz CT molecular complexity index is 1120. The maximum Gasteiger partial charge on any atom is 0.234 e. The summed E-state index contributed by atoms with van der Waals surface area (Å²) in [5, 5.41) is 12.2. The van der Waals surface area contributed by atoms with Gasteiger partial charge in [0.25, 0.3) is 0 Å². The van der Waals surface area contributed by atoms with Gasteiger partial charge >= 0.3 is 0 Å². The van der Waals surface area contributed by atoms with Crippen molar-refractivity contribution in [2.75, 3.05) is 32.4 Å². The molecule has 182 valence electrons. The van der Waals surface area contributed by atoms with Crippen molar-refractivity contribution in [2.45, 2.75) is 38.1 Å². The molecule has 0 saturated heterocycles. The van der Waals surface area contributed by atoms with Crippen LogP contribution in [-0.2, 0) is 4.79 Å². The highest BCUT2D eigenvalue weighted by molar-refractivity contribution is 7.99. The summed E-state index contributed by atoms with van der Waals surface area (Å²) in [6.07, 6.45) is -0.353. The molecule has 10 heteroatoms. The number of aromatic nitrogens is 3. The number of amides is 1. The minimum Gasteiger partial charge on any atom is -0.497 e. The van der Waals surface area contributed by atoms with Crippen molar-refractivity contribution in [3.05, 3.63) is 48.3 Å². The Morgan fingerprint density at radius 3 is 2.35 bits per heavy atom. The summed E-state index contributed by atoms with van der Waals surface area (Å²) in [6.45, 7) is 5.99. The lowest BCUT2D eigenvalue weighted by Gasteiger charge is -2.19. The maximum absolute atomic E-state index is 12.6. The molecule has 0 aliphatic rings. The SMILES string of the molecule is COc1cccc(OC(C)c2nnc(SCC(=O)Nc3ccc(OC)cc3OC)n2C(C)C)c1. The molecule has 1 N–H and O–H groups in total. The summed E-state index contributed by atoms with van der Waals surface area (Å²) in [5.74, 6) is 3.20. The molecule has 1 atom stereocenters. The molecule has 0 bridgehead atoms. The van der Waals surface area contributed by atoms with Crippen molar-refractivity contribution in [1.82, 2.24) is 14.8 Å². The summed E-state index contributed by atoms with van der Waals surface area (Å²) in [4.78, 5) is 12.6. The van der Waals surface area contributed by atoms with Gasteiger partial charge in [-0.25, -0.2) is 0 Å². The van der Waals surface area contributed by atoms with E-state index < -0.39 is 0 Å². The number of carbonyl (C=O) groups is 1. The number of ether oxygens (including phenoxy) is 4. The lowest BCUT2D eigenvalue weighted by molar-refractivity contribution is -0.113. The Hall–Kier alpha value is -3.40. The zero-order valence-corrected chi connectivity index (χ0v) is 21.0. The molecule has 34 heavy (non-hydrogen) atoms. The highest BCUT2D eigenvalue weighted by atomic mass is 32.2. The molecular weight excluding hydrogens is 456 g/mol. The van der Waals surface area contributed by atoms with Gasteiger partial charge in [-0.15, -0.1) is 10.2 Å². The zero-order chi connectivity index (χ0) is 24.7. The van der Waals surface area contributed by atoms with Crippen molar-refractivity contribution >= 4 is 23.4 Å². The number of carbonyl (C=O) groups excluding carboxylic acids is 1. The predicted octanol–water partition coefficient (Wildman–Crippen LogP) is 4.76. The molecule has 0 radical (unpaired) electrons. The molecular formula is C24H30N4O5S. The van der Waals surface area contributed by atoms with Gasteiger partial charge in [-0.05, 0) is 45.0 Å². The Balaban J connectivity index is 1.69. The summed E-state index contributed by atoms with van der Waals surface area (Å²) >= 11 is 1.31. The lowest BCUT2D eigenvalue weighted by Crippen LogP contribution is -2.17. The standard InChI is InChI=1S/C24H30N4O5S/c1-15(2)28-23(16(3)33-19-9-7-8-17(12-19)30-4)26-27-24(28)34-14-22(29)25-20-11-10-18(31-5)13-21(20)32-6/h7-13,15-16H,14H2,1-6H3,(H,25,29). The van der Waals surface area contributed by atoms with E-state index in [0.29, 0.717) is 39.7 Å². The van der Waals surface area contributed by atoms with Crippen LogP contribution in [0.4, 0.5) is 5.69 Å². The first-order chi connectivity index (χ1) is 16.4. The van der Waals surface area contributed by atoms with E-state index in [1.165, 1.54) is 11.8 Å². The fourth-order valence-corrected chi connectivity index (χ4v) is 4.17. The number of nitrogens with one attached hydrogen (secondary N) is 1. The second-order valence-corrected chi connectivity index (χ2v) is 8.59. The third-order valence-corrected chi connectivity index (χ3v) is 5.88. The molecule has 0 saturated carbocycles. The number of thioether (sulfide) groups is 1. The fraction of sp³-hybridized carbons (Fsp3) is 0.375. The van der Waals surface area contributed by atoms with Gasteiger partial charge in [0.2, 0.25) is 5.91 Å². The summed E-state index contributed by atoms with van der Waals surface area (Å²) < 4.78 is 23.9. The molecule has 0 aliphatic heterocycles. The number of methoxy groups -OCH3 is 3. The van der Waals surface area contributed by atoms with Gasteiger partial charge in [0.15, 0.2) is 17.1 Å². The molecule has 1 amide bonds. The summed E-state index contributed by atoms with van der Waals surface area (Å²) in [7, 11) is 4.73. The second kappa shape index (κ2) is 11.6. The molecule has 1 aromatic heterocycles. The Morgan fingerprint density at radius 2 is 1.68 bits per heavy atom. The molecule has 9 nitrogen and oxygen atoms in total. The van der Waals surface area contributed by atoms with E-state index in [9.17, 15) is 4.79 Å². The molecule has 3 rings (SSSR count). The van der Waals surface area contributed by atoms with E-state index in [1.807, 2.05) is 49.6 Å². The van der Waals surface area contributed by atoms with Gasteiger partial charge in [0.1, 0.15) is 23.0 Å². The van der Waals surface area contributed by atoms with Crippen molar-refractivity contribution in [3.63, 3.8) is 0 Å². The van der Waals surface area contributed by atoms with Crippen LogP contribution in [0.3, 0.4) is 0 Å². The van der Waals surface area contributed by atoms with Gasteiger partial charge in [-0.3, -0.25) is 4.79 Å². The zero-order valence-electron chi connectivity index (χ0n) is 20.2. The topological polar surface area (TPSA) is 96.7 Å². The normalized spacial score (nSPS) is 11.7. The predicted molar refractivity (Wildman–Crippen MR) is 131 cm³/mol. The number of benzene rings is 2. The minimum atomic E-state index is -0.353. The number of anilines is 1. The summed E-state index contributed by atoms with van der Waals surface area (Å²) in [5.41, 5.74) is 0.570. The van der Waals surface area contributed by atoms with E-state index in [0.717, 1.165) is 0 Å². The van der Waals surface area contributed by atoms with Crippen molar-refractivity contribution < 1.29 is 23.7 Å². The van der Waals surface area contributed by atoms with Gasteiger partial charge in [0.05, 0.1) is 32.8 Å². The number of hydrogen-bond acceptors (Lipinski definition) is 8. The first-order valence-corrected chi connectivity index (χ1v) is 11.7. The van der Waals surface area contributed by atoms with Crippen LogP contribution in [0, 0.1) is 0 Å². The highest BCUT2D eigenvalue weighted by Crippen LogP contribution is 2.31. The molecule has 0 fully saturated rings. The van der Waals surface area contributed by atoms with Gasteiger partial charge in [-0.2, -0.15) is 0 Å². The van der Waals surface area contributed by atoms with Crippen LogP contribution in [-0.4, -0.2) is 47.8 Å².